The molecule has 0 aromatic heterocycles. The van der Waals surface area contributed by atoms with Crippen molar-refractivity contribution < 1.29 is 23.9 Å². The summed E-state index contributed by atoms with van der Waals surface area (Å²) in [4.78, 5) is 48.7. The zero-order chi connectivity index (χ0) is 18.1. The zero-order valence-corrected chi connectivity index (χ0v) is 14.2. The van der Waals surface area contributed by atoms with Crippen LogP contribution in [-0.2, 0) is 23.9 Å². The highest BCUT2D eigenvalue weighted by Gasteiger charge is 2.54. The molecular weight excluding hydrogens is 316 g/mol. The lowest BCUT2D eigenvalue weighted by Crippen LogP contribution is -2.73. The summed E-state index contributed by atoms with van der Waals surface area (Å²) in [5.41, 5.74) is 3.29. The van der Waals surface area contributed by atoms with E-state index in [0.29, 0.717) is 6.54 Å². The predicted octanol–water partition coefficient (Wildman–Crippen LogP) is -1.74. The molecule has 2 rings (SSSR count). The van der Waals surface area contributed by atoms with E-state index in [1.807, 2.05) is 0 Å². The van der Waals surface area contributed by atoms with Crippen molar-refractivity contribution in [2.45, 2.75) is 50.8 Å². The molecule has 3 atom stereocenters. The molecule has 0 bridgehead atoms. The van der Waals surface area contributed by atoms with Crippen molar-refractivity contribution >= 4 is 23.7 Å². The van der Waals surface area contributed by atoms with Gasteiger partial charge in [0.1, 0.15) is 11.6 Å². The zero-order valence-electron chi connectivity index (χ0n) is 14.2. The Labute approximate surface area is 140 Å². The Hall–Kier alpha value is -2.16. The van der Waals surface area contributed by atoms with E-state index in [1.54, 1.807) is 0 Å². The van der Waals surface area contributed by atoms with Crippen LogP contribution < -0.4 is 16.4 Å². The van der Waals surface area contributed by atoms with Gasteiger partial charge in [0.25, 0.3) is 0 Å². The van der Waals surface area contributed by atoms with Gasteiger partial charge >= 0.3 is 5.97 Å². The van der Waals surface area contributed by atoms with Gasteiger partial charge in [0.15, 0.2) is 5.54 Å². The minimum Gasteiger partial charge on any atom is -0.460 e. The van der Waals surface area contributed by atoms with Crippen molar-refractivity contribution in [2.75, 3.05) is 19.6 Å². The molecule has 0 aliphatic carbocycles. The van der Waals surface area contributed by atoms with Gasteiger partial charge < -0.3 is 26.0 Å². The van der Waals surface area contributed by atoms with Gasteiger partial charge in [0, 0.05) is 13.5 Å². The molecule has 0 aromatic carbocycles. The van der Waals surface area contributed by atoms with Gasteiger partial charge in [-0.2, -0.15) is 0 Å². The monoisotopic (exact) mass is 340 g/mol. The maximum atomic E-state index is 12.2. The van der Waals surface area contributed by atoms with E-state index in [9.17, 15) is 19.2 Å². The lowest BCUT2D eigenvalue weighted by Gasteiger charge is -2.46. The average molecular weight is 340 g/mol. The van der Waals surface area contributed by atoms with E-state index in [2.05, 4.69) is 10.6 Å². The molecule has 24 heavy (non-hydrogen) atoms. The van der Waals surface area contributed by atoms with Crippen LogP contribution in [0.25, 0.3) is 0 Å². The number of nitrogens with zero attached hydrogens (tertiary/aromatic N) is 1. The summed E-state index contributed by atoms with van der Waals surface area (Å²) in [5, 5.41) is 5.67. The summed E-state index contributed by atoms with van der Waals surface area (Å²) < 4.78 is 4.98. The molecule has 1 spiro atoms. The largest absolute Gasteiger partial charge is 0.460 e. The molecule has 9 nitrogen and oxygen atoms in total. The molecule has 0 radical (unpaired) electrons. The first-order chi connectivity index (χ1) is 11.1. The van der Waals surface area contributed by atoms with Gasteiger partial charge in [-0.05, 0) is 33.2 Å². The summed E-state index contributed by atoms with van der Waals surface area (Å²) >= 11 is 0. The SMILES string of the molecule is CC(=O)O[C@H](C)[C@@](C)(NC(=O)CN1CC2(CCCN2)C1=O)C(N)=O. The van der Waals surface area contributed by atoms with Gasteiger partial charge in [-0.15, -0.1) is 0 Å². The third-order valence-electron chi connectivity index (χ3n) is 4.80. The maximum absolute atomic E-state index is 12.2. The number of carbonyl (C=O) groups is 4. The molecule has 1 unspecified atom stereocenters. The van der Waals surface area contributed by atoms with Gasteiger partial charge in [-0.3, -0.25) is 19.2 Å². The van der Waals surface area contributed by atoms with Crippen LogP contribution in [0, 0.1) is 0 Å². The first-order valence-corrected chi connectivity index (χ1v) is 7.93. The fraction of sp³-hybridized carbons (Fsp3) is 0.733. The maximum Gasteiger partial charge on any atom is 0.302 e. The molecule has 0 saturated carbocycles. The number of hydrogen-bond donors (Lipinski definition) is 3. The molecule has 2 heterocycles. The highest BCUT2D eigenvalue weighted by Crippen LogP contribution is 2.31. The van der Waals surface area contributed by atoms with Crippen molar-refractivity contribution in [1.29, 1.82) is 0 Å². The van der Waals surface area contributed by atoms with Gasteiger partial charge in [-0.1, -0.05) is 0 Å². The van der Waals surface area contributed by atoms with Crippen LogP contribution in [0.15, 0.2) is 0 Å². The Morgan fingerprint density at radius 1 is 1.50 bits per heavy atom. The van der Waals surface area contributed by atoms with Crippen LogP contribution in [0.5, 0.6) is 0 Å². The topological polar surface area (TPSA) is 131 Å². The molecule has 2 fully saturated rings. The molecule has 3 amide bonds. The number of carbonyl (C=O) groups excluding carboxylic acids is 4. The van der Waals surface area contributed by atoms with Crippen LogP contribution in [0.2, 0.25) is 0 Å². The minimum atomic E-state index is -1.56. The van der Waals surface area contributed by atoms with Gasteiger partial charge in [-0.25, -0.2) is 0 Å². The quantitative estimate of drug-likeness (QED) is 0.389. The first-order valence-electron chi connectivity index (χ1n) is 7.93. The third kappa shape index (κ3) is 3.21. The molecule has 0 aromatic rings. The van der Waals surface area contributed by atoms with E-state index in [0.717, 1.165) is 19.4 Å². The lowest BCUT2D eigenvalue weighted by molar-refractivity contribution is -0.157. The second kappa shape index (κ2) is 6.39. The Morgan fingerprint density at radius 2 is 2.17 bits per heavy atom. The summed E-state index contributed by atoms with van der Waals surface area (Å²) in [7, 11) is 0. The lowest BCUT2D eigenvalue weighted by atomic mass is 9.87. The number of nitrogens with one attached hydrogen (secondary N) is 2. The Balaban J connectivity index is 1.95. The van der Waals surface area contributed by atoms with E-state index in [1.165, 1.54) is 25.7 Å². The van der Waals surface area contributed by atoms with Gasteiger partial charge in [0.05, 0.1) is 6.54 Å². The average Bonchev–Trinajstić information content (AvgIpc) is 2.96. The highest BCUT2D eigenvalue weighted by molar-refractivity contribution is 5.97. The summed E-state index contributed by atoms with van der Waals surface area (Å²) in [5.74, 6) is -2.05. The van der Waals surface area contributed by atoms with Crippen molar-refractivity contribution in [3.63, 3.8) is 0 Å². The van der Waals surface area contributed by atoms with Crippen LogP contribution in [-0.4, -0.2) is 65.4 Å². The van der Waals surface area contributed by atoms with Crippen molar-refractivity contribution in [3.8, 4) is 0 Å². The predicted molar refractivity (Wildman–Crippen MR) is 83.5 cm³/mol. The molecule has 2 saturated heterocycles. The van der Waals surface area contributed by atoms with Crippen LogP contribution in [0.1, 0.15) is 33.6 Å². The summed E-state index contributed by atoms with van der Waals surface area (Å²) in [6.07, 6.45) is 0.768. The Bertz CT molecular complexity index is 572. The molecule has 4 N–H and O–H groups in total. The van der Waals surface area contributed by atoms with Crippen molar-refractivity contribution in [1.82, 2.24) is 15.5 Å². The smallest absolute Gasteiger partial charge is 0.302 e. The molecule has 134 valence electrons. The van der Waals surface area contributed by atoms with Crippen LogP contribution in [0.3, 0.4) is 0 Å². The number of β-lactam (4-membered cyclic amide) rings is 1. The number of ether oxygens (including phenoxy) is 1. The number of primary amides is 1. The molecule has 9 heteroatoms. The van der Waals surface area contributed by atoms with E-state index < -0.39 is 35.0 Å². The number of amides is 3. The first kappa shape index (κ1) is 18.2. The Morgan fingerprint density at radius 3 is 2.62 bits per heavy atom. The molecule has 2 aliphatic heterocycles. The van der Waals surface area contributed by atoms with Crippen LogP contribution >= 0.6 is 0 Å². The number of nitrogens with two attached hydrogens (primary N) is 1. The summed E-state index contributed by atoms with van der Waals surface area (Å²) in [6.45, 7) is 5.15. The third-order valence-corrected chi connectivity index (χ3v) is 4.80. The summed E-state index contributed by atoms with van der Waals surface area (Å²) in [6, 6.07) is 0. The second-order valence-electron chi connectivity index (χ2n) is 6.64. The van der Waals surface area contributed by atoms with Crippen molar-refractivity contribution in [2.24, 2.45) is 5.73 Å². The fourth-order valence-electron chi connectivity index (χ4n) is 3.16. The number of likely N-dealkylation sites (tertiary alicyclic amines) is 1. The Kier molecular flexibility index (Phi) is 4.84. The second-order valence-corrected chi connectivity index (χ2v) is 6.64. The van der Waals surface area contributed by atoms with Gasteiger partial charge in [0.2, 0.25) is 17.7 Å². The van der Waals surface area contributed by atoms with Crippen LogP contribution in [0.4, 0.5) is 0 Å². The fourth-order valence-corrected chi connectivity index (χ4v) is 3.16. The minimum absolute atomic E-state index is 0.107. The van der Waals surface area contributed by atoms with E-state index in [4.69, 9.17) is 10.5 Å². The molecule has 2 aliphatic rings. The number of esters is 1. The number of hydrogen-bond acceptors (Lipinski definition) is 6. The highest BCUT2D eigenvalue weighted by atomic mass is 16.5. The van der Waals surface area contributed by atoms with Crippen molar-refractivity contribution in [3.05, 3.63) is 0 Å². The standard InChI is InChI=1S/C15H24N4O5/c1-9(24-10(2)20)14(3,12(16)22)18-11(21)7-19-8-15(13(19)23)5-4-6-17-15/h9,17H,4-8H2,1-3H3,(H2,16,22)(H,18,21)/t9-,14-,15?/m1/s1. The van der Waals surface area contributed by atoms with E-state index in [-0.39, 0.29) is 12.5 Å². The normalized spacial score (nSPS) is 26.5. The van der Waals surface area contributed by atoms with E-state index >= 15 is 0 Å². The number of rotatable bonds is 6. The molecular formula is C15H24N4O5.